The zero-order chi connectivity index (χ0) is 39.7. The quantitative estimate of drug-likeness (QED) is 0.137. The van der Waals surface area contributed by atoms with Crippen LogP contribution in [0.5, 0.6) is 0 Å². The van der Waals surface area contributed by atoms with Crippen molar-refractivity contribution in [1.82, 2.24) is 40.1 Å². The molecule has 1 saturated heterocycles. The topological polar surface area (TPSA) is 135 Å². The van der Waals surface area contributed by atoms with Crippen molar-refractivity contribution < 1.29 is 14.6 Å². The van der Waals surface area contributed by atoms with Crippen LogP contribution in [-0.2, 0) is 37.2 Å². The van der Waals surface area contributed by atoms with Crippen molar-refractivity contribution >= 4 is 62.2 Å². The summed E-state index contributed by atoms with van der Waals surface area (Å²) in [6, 6.07) is 26.7. The number of ether oxygens (including phenoxy) is 1. The number of hydrogen-bond acceptors (Lipinski definition) is 8. The third-order valence-electron chi connectivity index (χ3n) is 10.5. The second-order valence-electron chi connectivity index (χ2n) is 14.1. The van der Waals surface area contributed by atoms with Crippen LogP contribution >= 0.6 is 23.2 Å². The van der Waals surface area contributed by atoms with E-state index in [4.69, 9.17) is 32.9 Å². The number of tetrazole rings is 1. The van der Waals surface area contributed by atoms with Gasteiger partial charge in [-0.3, -0.25) is 4.98 Å². The number of halogens is 2. The minimum absolute atomic E-state index is 0. The van der Waals surface area contributed by atoms with Crippen molar-refractivity contribution in [2.24, 2.45) is 0 Å². The molecule has 1 aliphatic heterocycles. The molecule has 11 nitrogen and oxygen atoms in total. The number of hydrogen-bond donors (Lipinski definition) is 2. The van der Waals surface area contributed by atoms with Crippen LogP contribution in [-0.4, -0.2) is 98.3 Å². The van der Waals surface area contributed by atoms with E-state index in [0.717, 1.165) is 83.7 Å². The van der Waals surface area contributed by atoms with Gasteiger partial charge in [0.25, 0.3) is 0 Å². The number of aliphatic hydroxyl groups excluding tert-OH is 1. The van der Waals surface area contributed by atoms with Crippen LogP contribution in [0.15, 0.2) is 90.6 Å². The summed E-state index contributed by atoms with van der Waals surface area (Å²) >= 11 is 12.5. The monoisotopic (exact) mass is 1010 g/mol. The second-order valence-corrected chi connectivity index (χ2v) is 14.9. The summed E-state index contributed by atoms with van der Waals surface area (Å²) < 4.78 is 7.18. The maximum absolute atomic E-state index is 12.0. The minimum Gasteiger partial charge on any atom is -0.450 e. The molecule has 0 atom stereocenters. The largest absolute Gasteiger partial charge is 0.450 e. The Balaban J connectivity index is 0.000000193. The summed E-state index contributed by atoms with van der Waals surface area (Å²) in [5.74, 6) is 1.48. The number of amides is 1. The number of benzene rings is 3. The summed E-state index contributed by atoms with van der Waals surface area (Å²) in [6.07, 6.45) is 8.20. The van der Waals surface area contributed by atoms with E-state index in [-0.39, 0.29) is 40.0 Å². The number of nitrogens with zero attached hydrogens (tertiary/aromatic N) is 7. The first-order valence-electron chi connectivity index (χ1n) is 19.5. The van der Waals surface area contributed by atoms with Crippen molar-refractivity contribution in [2.45, 2.75) is 71.9 Å². The molecule has 4 heterocycles. The molecule has 2 aliphatic rings. The van der Waals surface area contributed by atoms with Gasteiger partial charge in [0.15, 0.2) is 5.15 Å². The summed E-state index contributed by atoms with van der Waals surface area (Å²) in [7, 11) is 0. The molecule has 1 fully saturated rings. The van der Waals surface area contributed by atoms with E-state index in [1.165, 1.54) is 27.8 Å². The van der Waals surface area contributed by atoms with Crippen LogP contribution in [0.2, 0.25) is 10.2 Å². The number of carbonyl (C=O) groups is 1. The first-order valence-corrected chi connectivity index (χ1v) is 20.3. The van der Waals surface area contributed by atoms with Gasteiger partial charge < -0.3 is 19.3 Å². The minimum atomic E-state index is -0.215. The number of carbonyl (C=O) groups excluding carboxylic acids is 1. The first-order chi connectivity index (χ1) is 27.9. The van der Waals surface area contributed by atoms with E-state index >= 15 is 0 Å². The van der Waals surface area contributed by atoms with Crippen molar-refractivity contribution in [1.29, 1.82) is 0 Å². The second kappa shape index (κ2) is 20.5. The smallest absolute Gasteiger partial charge is 0.409 e. The number of aromatic nitrogens is 7. The number of H-pyrrole nitrogens is 1. The predicted molar refractivity (Wildman–Crippen MR) is 229 cm³/mol. The van der Waals surface area contributed by atoms with Crippen molar-refractivity contribution in [3.8, 4) is 22.5 Å². The molecule has 6 aromatic rings. The average molecular weight is 1010 g/mol. The molecule has 14 heteroatoms. The number of likely N-dealkylation sites (tertiary alicyclic amines) is 1. The molecule has 58 heavy (non-hydrogen) atoms. The van der Waals surface area contributed by atoms with Gasteiger partial charge in [-0.1, -0.05) is 103 Å². The fourth-order valence-corrected chi connectivity index (χ4v) is 8.06. The van der Waals surface area contributed by atoms with Crippen molar-refractivity contribution in [3.63, 3.8) is 0 Å². The fourth-order valence-electron chi connectivity index (χ4n) is 7.60. The van der Waals surface area contributed by atoms with Crippen LogP contribution < -0.4 is 0 Å². The van der Waals surface area contributed by atoms with Crippen LogP contribution in [0.3, 0.4) is 0 Å². The summed E-state index contributed by atoms with van der Waals surface area (Å²) in [5.41, 5.74) is 12.3. The van der Waals surface area contributed by atoms with Crippen LogP contribution in [0.1, 0.15) is 79.0 Å². The van der Waals surface area contributed by atoms with E-state index in [1.54, 1.807) is 4.90 Å². The Kier molecular flexibility index (Phi) is 15.3. The standard InChI is InChI=1S/C22H23ClN6O.C22H23ClN2O2.Pb/c1-2-3-8-20-24-21(23)19(14-30)29(20)13-15-9-11-16(12-10-15)17-6-4-5-7-18(17)22-25-27-28-26-22;1-2-27-22(26)25-12-9-15(10-13-25)20-19-8-7-18(23)14-17(19)6-5-16-4-3-11-24-21(16)20;/h4-7,9-12,30H,2-3,8,13-14H2,1H3,(H,25,26,27,28);3-4,7-8,11,14H,2,5-6,9-10,12-13H2,1H3;. The number of pyridine rings is 1. The number of fused-ring (bicyclic) bond motifs is 2. The molecular weight excluding hydrogens is 967 g/mol. The van der Waals surface area contributed by atoms with Gasteiger partial charge in [0.1, 0.15) is 5.82 Å². The Morgan fingerprint density at radius 3 is 2.36 bits per heavy atom. The molecule has 0 spiro atoms. The fraction of sp³-hybridized carbons (Fsp3) is 0.318. The molecule has 4 radical (unpaired) electrons. The number of aryl methyl sites for hydroxylation is 3. The van der Waals surface area contributed by atoms with Crippen molar-refractivity contribution in [3.05, 3.63) is 140 Å². The summed E-state index contributed by atoms with van der Waals surface area (Å²) in [5, 5.41) is 25.3. The van der Waals surface area contributed by atoms with Crippen LogP contribution in [0.4, 0.5) is 4.79 Å². The van der Waals surface area contributed by atoms with Crippen LogP contribution in [0.25, 0.3) is 28.1 Å². The Bertz CT molecular complexity index is 2340. The summed E-state index contributed by atoms with van der Waals surface area (Å²) in [6.45, 7) is 6.24. The SMILES string of the molecule is CCCCc1nc(Cl)c(CO)n1Cc1ccc(-c2ccccc2-c2nn[nH]n2)cc1.CCOC(=O)N1CCC(=C2c3ccc(Cl)cc3CCc3cccnc32)CC1.[Pb]. The number of unbranched alkanes of at least 4 members (excludes halogenated alkanes) is 1. The maximum atomic E-state index is 12.0. The zero-order valence-corrected chi connectivity index (χ0v) is 38.1. The Hall–Kier alpha value is -4.44. The van der Waals surface area contributed by atoms with Crippen LogP contribution in [0, 0.1) is 0 Å². The van der Waals surface area contributed by atoms with Gasteiger partial charge in [-0.25, -0.2) is 9.78 Å². The number of nitrogens with one attached hydrogen (secondary N) is 1. The van der Waals surface area contributed by atoms with E-state index in [2.05, 4.69) is 75.0 Å². The molecule has 8 rings (SSSR count). The van der Waals surface area contributed by atoms with E-state index in [9.17, 15) is 9.90 Å². The first kappa shape index (κ1) is 43.1. The number of rotatable bonds is 9. The number of aromatic amines is 1. The van der Waals surface area contributed by atoms with Gasteiger partial charge in [-0.2, -0.15) is 5.21 Å². The van der Waals surface area contributed by atoms with Gasteiger partial charge in [-0.05, 0) is 95.8 Å². The molecule has 3 aromatic carbocycles. The maximum Gasteiger partial charge on any atom is 0.409 e. The Labute approximate surface area is 369 Å². The van der Waals surface area contributed by atoms with E-state index in [1.807, 2.05) is 54.1 Å². The van der Waals surface area contributed by atoms with Gasteiger partial charge in [0.2, 0.25) is 5.82 Å². The third kappa shape index (κ3) is 9.87. The number of piperidine rings is 1. The zero-order valence-electron chi connectivity index (χ0n) is 32.7. The normalized spacial score (nSPS) is 13.4. The Morgan fingerprint density at radius 2 is 1.66 bits per heavy atom. The molecule has 298 valence electrons. The molecule has 0 unspecified atom stereocenters. The number of aliphatic hydroxyl groups is 1. The summed E-state index contributed by atoms with van der Waals surface area (Å²) in [4.78, 5) is 23.0. The molecule has 3 aromatic heterocycles. The Morgan fingerprint density at radius 1 is 0.897 bits per heavy atom. The molecule has 2 N–H and O–H groups in total. The molecule has 0 saturated carbocycles. The van der Waals surface area contributed by atoms with Crippen molar-refractivity contribution in [2.75, 3.05) is 19.7 Å². The third-order valence-corrected chi connectivity index (χ3v) is 11.0. The van der Waals surface area contributed by atoms with Gasteiger partial charge in [0.05, 0.1) is 24.6 Å². The molecule has 0 bridgehead atoms. The van der Waals surface area contributed by atoms with E-state index < -0.39 is 0 Å². The van der Waals surface area contributed by atoms with Gasteiger partial charge in [-0.15, -0.1) is 10.2 Å². The average Bonchev–Trinajstić information content (AvgIpc) is 3.85. The van der Waals surface area contributed by atoms with Gasteiger partial charge >= 0.3 is 6.09 Å². The molecule has 1 aliphatic carbocycles. The van der Waals surface area contributed by atoms with E-state index in [0.29, 0.717) is 42.9 Å². The van der Waals surface area contributed by atoms with Gasteiger partial charge in [0, 0.05) is 75.7 Å². The molecule has 1 amide bonds. The predicted octanol–water partition coefficient (Wildman–Crippen LogP) is 8.77. The number of imidazole rings is 1. The molecular formula is C44H46Cl2N8O3Pb.